The van der Waals surface area contributed by atoms with Crippen molar-refractivity contribution >= 4 is 0 Å². The van der Waals surface area contributed by atoms with Crippen LogP contribution in [0.2, 0.25) is 0 Å². The van der Waals surface area contributed by atoms with E-state index in [9.17, 15) is 10.4 Å². The van der Waals surface area contributed by atoms with E-state index in [1.165, 1.54) is 11.1 Å². The van der Waals surface area contributed by atoms with Crippen molar-refractivity contribution < 1.29 is 19.5 Å². The Labute approximate surface area is 199 Å². The van der Waals surface area contributed by atoms with Gasteiger partial charge < -0.3 is 24.4 Å². The Kier molecular flexibility index (Phi) is 7.27. The first-order valence-corrected chi connectivity index (χ1v) is 11.6. The van der Waals surface area contributed by atoms with E-state index >= 15 is 0 Å². The average molecular weight is 463 g/mol. The standard InChI is InChI=1S/C26H30N4O4/c1-16(2)33-24-7-5-19(12-20(24)13-27)26-28-25(29-34-26)23-6-4-18-8-10-30(14-21(32)15-31)11-9-22(18)17(23)3/h4-7,12,16,21,31-32H,8-11,14-15H2,1-3H3/t21-/m0/s1. The molecule has 8 nitrogen and oxygen atoms in total. The maximum absolute atomic E-state index is 9.81. The summed E-state index contributed by atoms with van der Waals surface area (Å²) in [5.41, 5.74) is 5.67. The van der Waals surface area contributed by atoms with Gasteiger partial charge in [-0.25, -0.2) is 0 Å². The molecule has 1 aromatic heterocycles. The lowest BCUT2D eigenvalue weighted by Gasteiger charge is -2.21. The smallest absolute Gasteiger partial charge is 0.258 e. The van der Waals surface area contributed by atoms with Crippen molar-refractivity contribution in [2.24, 2.45) is 0 Å². The number of hydrogen-bond donors (Lipinski definition) is 2. The molecule has 0 fully saturated rings. The predicted molar refractivity (Wildman–Crippen MR) is 127 cm³/mol. The third-order valence-corrected chi connectivity index (χ3v) is 6.13. The second-order valence-electron chi connectivity index (χ2n) is 8.93. The molecule has 8 heteroatoms. The first kappa shape index (κ1) is 23.9. The summed E-state index contributed by atoms with van der Waals surface area (Å²) in [6, 6.07) is 11.6. The van der Waals surface area contributed by atoms with Gasteiger partial charge in [-0.15, -0.1) is 0 Å². The maximum Gasteiger partial charge on any atom is 0.258 e. The number of hydrogen-bond acceptors (Lipinski definition) is 8. The molecule has 0 unspecified atom stereocenters. The summed E-state index contributed by atoms with van der Waals surface area (Å²) < 4.78 is 11.2. The maximum atomic E-state index is 9.81. The van der Waals surface area contributed by atoms with Gasteiger partial charge in [0.2, 0.25) is 5.82 Å². The minimum atomic E-state index is -0.719. The van der Waals surface area contributed by atoms with E-state index in [1.807, 2.05) is 26.0 Å². The van der Waals surface area contributed by atoms with Gasteiger partial charge in [-0.3, -0.25) is 0 Å². The van der Waals surface area contributed by atoms with E-state index < -0.39 is 6.10 Å². The third-order valence-electron chi connectivity index (χ3n) is 6.13. The molecule has 0 radical (unpaired) electrons. The number of aromatic nitrogens is 2. The highest BCUT2D eigenvalue weighted by Crippen LogP contribution is 2.31. The lowest BCUT2D eigenvalue weighted by Crippen LogP contribution is -2.36. The van der Waals surface area contributed by atoms with Crippen LogP contribution in [0.25, 0.3) is 22.8 Å². The van der Waals surface area contributed by atoms with E-state index in [-0.39, 0.29) is 12.7 Å². The fourth-order valence-electron chi connectivity index (χ4n) is 4.39. The Morgan fingerprint density at radius 1 is 1.21 bits per heavy atom. The van der Waals surface area contributed by atoms with Crippen LogP contribution in [0.4, 0.5) is 0 Å². The number of fused-ring (bicyclic) bond motifs is 1. The Bertz CT molecular complexity index is 1200. The van der Waals surface area contributed by atoms with Crippen molar-refractivity contribution in [3.8, 4) is 34.7 Å². The number of β-amino-alcohol motifs (C(OH)–C–C–N with tert-alkyl or cyclic N) is 1. The molecule has 0 spiro atoms. The molecule has 0 aliphatic carbocycles. The number of ether oxygens (including phenoxy) is 1. The number of aliphatic hydroxyl groups is 2. The van der Waals surface area contributed by atoms with Crippen LogP contribution in [-0.2, 0) is 12.8 Å². The molecule has 0 amide bonds. The Morgan fingerprint density at radius 3 is 2.74 bits per heavy atom. The quantitative estimate of drug-likeness (QED) is 0.550. The fraction of sp³-hybridized carbons (Fsp3) is 0.423. The number of aliphatic hydroxyl groups excluding tert-OH is 2. The van der Waals surface area contributed by atoms with Crippen LogP contribution in [0, 0.1) is 18.3 Å². The number of rotatable bonds is 7. The number of nitriles is 1. The van der Waals surface area contributed by atoms with E-state index in [1.54, 1.807) is 12.1 Å². The van der Waals surface area contributed by atoms with Gasteiger partial charge in [-0.1, -0.05) is 17.3 Å². The van der Waals surface area contributed by atoms with Crippen molar-refractivity contribution in [2.45, 2.75) is 45.8 Å². The monoisotopic (exact) mass is 462 g/mol. The molecule has 2 N–H and O–H groups in total. The van der Waals surface area contributed by atoms with E-state index in [4.69, 9.17) is 14.4 Å². The highest BCUT2D eigenvalue weighted by Gasteiger charge is 2.21. The molecule has 0 saturated heterocycles. The average Bonchev–Trinajstić information content (AvgIpc) is 3.22. The SMILES string of the molecule is Cc1c(-c2noc(-c3ccc(OC(C)C)c(C#N)c3)n2)ccc2c1CCN(C[C@H](O)CO)CC2. The molecule has 1 atom stereocenters. The molecule has 2 heterocycles. The van der Waals surface area contributed by atoms with Crippen LogP contribution < -0.4 is 4.74 Å². The predicted octanol–water partition coefficient (Wildman–Crippen LogP) is 3.12. The lowest BCUT2D eigenvalue weighted by molar-refractivity contribution is 0.0604. The summed E-state index contributed by atoms with van der Waals surface area (Å²) in [5, 5.41) is 32.7. The van der Waals surface area contributed by atoms with Crippen LogP contribution >= 0.6 is 0 Å². The van der Waals surface area contributed by atoms with Gasteiger partial charge >= 0.3 is 0 Å². The van der Waals surface area contributed by atoms with Gasteiger partial charge in [0.1, 0.15) is 11.8 Å². The fourth-order valence-corrected chi connectivity index (χ4v) is 4.39. The molecule has 178 valence electrons. The highest BCUT2D eigenvalue weighted by molar-refractivity contribution is 5.66. The van der Waals surface area contributed by atoms with Gasteiger partial charge in [-0.05, 0) is 68.5 Å². The highest BCUT2D eigenvalue weighted by atomic mass is 16.5. The topological polar surface area (TPSA) is 116 Å². The van der Waals surface area contributed by atoms with Gasteiger partial charge in [0.25, 0.3) is 5.89 Å². The van der Waals surface area contributed by atoms with Crippen LogP contribution in [0.5, 0.6) is 5.75 Å². The third kappa shape index (κ3) is 5.12. The lowest BCUT2D eigenvalue weighted by atomic mass is 9.93. The largest absolute Gasteiger partial charge is 0.490 e. The molecule has 0 bridgehead atoms. The van der Waals surface area contributed by atoms with Crippen molar-refractivity contribution in [2.75, 3.05) is 26.2 Å². The molecular weight excluding hydrogens is 432 g/mol. The summed E-state index contributed by atoms with van der Waals surface area (Å²) in [4.78, 5) is 6.80. The number of benzene rings is 2. The molecular formula is C26H30N4O4. The van der Waals surface area contributed by atoms with Crippen molar-refractivity contribution in [3.05, 3.63) is 52.6 Å². The van der Waals surface area contributed by atoms with E-state index in [0.717, 1.165) is 37.1 Å². The minimum absolute atomic E-state index is 0.0315. The summed E-state index contributed by atoms with van der Waals surface area (Å²) in [6.45, 7) is 7.80. The van der Waals surface area contributed by atoms with E-state index in [0.29, 0.717) is 35.1 Å². The minimum Gasteiger partial charge on any atom is -0.490 e. The molecule has 4 rings (SSSR count). The summed E-state index contributed by atoms with van der Waals surface area (Å²) in [7, 11) is 0. The molecule has 1 aliphatic rings. The first-order chi connectivity index (χ1) is 16.4. The Balaban J connectivity index is 1.58. The van der Waals surface area contributed by atoms with E-state index in [2.05, 4.69) is 34.1 Å². The first-order valence-electron chi connectivity index (χ1n) is 11.6. The molecule has 34 heavy (non-hydrogen) atoms. The Hall–Kier alpha value is -3.25. The number of nitrogens with zero attached hydrogens (tertiary/aromatic N) is 4. The Morgan fingerprint density at radius 2 is 2.00 bits per heavy atom. The van der Waals surface area contributed by atoms with Gasteiger partial charge in [0.15, 0.2) is 0 Å². The summed E-state index contributed by atoms with van der Waals surface area (Å²) >= 11 is 0. The van der Waals surface area contributed by atoms with Gasteiger partial charge in [0, 0.05) is 30.8 Å². The van der Waals surface area contributed by atoms with Gasteiger partial charge in [0.05, 0.1) is 24.4 Å². The molecule has 1 aliphatic heterocycles. The normalized spacial score (nSPS) is 15.0. The zero-order chi connectivity index (χ0) is 24.2. The molecule has 0 saturated carbocycles. The zero-order valence-corrected chi connectivity index (χ0v) is 19.8. The second kappa shape index (κ2) is 10.3. The van der Waals surface area contributed by atoms with Crippen molar-refractivity contribution in [1.82, 2.24) is 15.0 Å². The van der Waals surface area contributed by atoms with Crippen LogP contribution in [0.15, 0.2) is 34.9 Å². The zero-order valence-electron chi connectivity index (χ0n) is 19.8. The van der Waals surface area contributed by atoms with Gasteiger partial charge in [-0.2, -0.15) is 10.2 Å². The van der Waals surface area contributed by atoms with Crippen LogP contribution in [0.1, 0.15) is 36.1 Å². The second-order valence-corrected chi connectivity index (χ2v) is 8.93. The molecule has 2 aromatic carbocycles. The summed E-state index contributed by atoms with van der Waals surface area (Å²) in [5.74, 6) is 1.39. The van der Waals surface area contributed by atoms with Crippen molar-refractivity contribution in [1.29, 1.82) is 5.26 Å². The molecule has 3 aromatic rings. The summed E-state index contributed by atoms with van der Waals surface area (Å²) in [6.07, 6.45) is 0.980. The van der Waals surface area contributed by atoms with Crippen molar-refractivity contribution in [3.63, 3.8) is 0 Å². The van der Waals surface area contributed by atoms with Crippen LogP contribution in [0.3, 0.4) is 0 Å². The van der Waals surface area contributed by atoms with Crippen LogP contribution in [-0.4, -0.2) is 63.7 Å².